The van der Waals surface area contributed by atoms with Gasteiger partial charge in [-0.25, -0.2) is 9.67 Å². The normalized spacial score (nSPS) is 24.2. The Hall–Kier alpha value is -5.16. The third kappa shape index (κ3) is 4.44. The van der Waals surface area contributed by atoms with Crippen LogP contribution < -0.4 is 4.74 Å². The highest BCUT2D eigenvalue weighted by molar-refractivity contribution is 6.09. The molecule has 0 amide bonds. The number of ether oxygens (including phenoxy) is 1. The molecule has 5 nitrogen and oxygen atoms in total. The van der Waals surface area contributed by atoms with E-state index in [1.54, 1.807) is 0 Å². The van der Waals surface area contributed by atoms with Crippen LogP contribution in [-0.2, 0) is 5.41 Å². The second-order valence-corrected chi connectivity index (χ2v) is 14.9. The Labute approximate surface area is 287 Å². The molecule has 5 heteroatoms. The first-order chi connectivity index (χ1) is 24.0. The highest BCUT2D eigenvalue weighted by Crippen LogP contribution is 2.65. The number of fused-ring (bicyclic) bond motifs is 3. The zero-order valence-corrected chi connectivity index (χ0v) is 28.1. The molecule has 7 aromatic rings. The number of benzene rings is 4. The molecule has 0 unspecified atom stereocenters. The fraction of sp³-hybridized carbons (Fsp3) is 0.273. The first-order valence-corrected chi connectivity index (χ1v) is 17.9. The summed E-state index contributed by atoms with van der Waals surface area (Å²) in [6, 6.07) is 41.6. The van der Waals surface area contributed by atoms with Crippen molar-refractivity contribution < 1.29 is 4.74 Å². The summed E-state index contributed by atoms with van der Waals surface area (Å²) in [7, 11) is 0. The Bertz CT molecular complexity index is 2340. The molecular weight excluding hydrogens is 601 g/mol. The van der Waals surface area contributed by atoms with Gasteiger partial charge in [0.2, 0.25) is 0 Å². The van der Waals surface area contributed by atoms with Gasteiger partial charge in [0.15, 0.2) is 0 Å². The van der Waals surface area contributed by atoms with Gasteiger partial charge >= 0.3 is 0 Å². The van der Waals surface area contributed by atoms with Gasteiger partial charge in [-0.05, 0) is 129 Å². The first kappa shape index (κ1) is 28.8. The Morgan fingerprint density at radius 3 is 2.14 bits per heavy atom. The number of pyridine rings is 1. The lowest BCUT2D eigenvalue weighted by molar-refractivity contribution is -0.0418. The van der Waals surface area contributed by atoms with Crippen molar-refractivity contribution in [3.63, 3.8) is 0 Å². The lowest BCUT2D eigenvalue weighted by Crippen LogP contribution is -2.56. The third-order valence-corrected chi connectivity index (χ3v) is 12.1. The maximum atomic E-state index is 6.56. The van der Waals surface area contributed by atoms with Gasteiger partial charge in [-0.3, -0.25) is 4.57 Å². The second-order valence-electron chi connectivity index (χ2n) is 14.9. The molecule has 0 aliphatic heterocycles. The minimum Gasteiger partial charge on any atom is -0.457 e. The SMILES string of the molecule is Cc1cc(C)n(-c2cccc(Oc3ccc4c5ccccc5n(-c5cc(C6(c7ccccc7)C7CC8CC(C7)CC6C8)ccn5)c4c3)c2)n1. The molecule has 0 radical (unpaired) electrons. The van der Waals surface area contributed by atoms with Crippen LogP contribution in [0.15, 0.2) is 121 Å². The summed E-state index contributed by atoms with van der Waals surface area (Å²) in [6.45, 7) is 4.10. The number of hydrogen-bond donors (Lipinski definition) is 0. The monoisotopic (exact) mass is 640 g/mol. The Balaban J connectivity index is 1.10. The highest BCUT2D eigenvalue weighted by Gasteiger charge is 2.58. The van der Waals surface area contributed by atoms with Crippen molar-refractivity contribution in [2.75, 3.05) is 0 Å². The molecule has 4 aliphatic rings. The maximum absolute atomic E-state index is 6.56. The number of nitrogens with zero attached hydrogens (tertiary/aromatic N) is 4. The molecule has 49 heavy (non-hydrogen) atoms. The van der Waals surface area contributed by atoms with E-state index in [2.05, 4.69) is 126 Å². The fourth-order valence-corrected chi connectivity index (χ4v) is 10.5. The van der Waals surface area contributed by atoms with Crippen molar-refractivity contribution in [3.8, 4) is 23.0 Å². The molecule has 0 saturated heterocycles. The van der Waals surface area contributed by atoms with Crippen molar-refractivity contribution in [1.29, 1.82) is 0 Å². The smallest absolute Gasteiger partial charge is 0.137 e. The number of aryl methyl sites for hydroxylation is 2. The lowest BCUT2D eigenvalue weighted by Gasteiger charge is -2.62. The number of aromatic nitrogens is 4. The Kier molecular flexibility index (Phi) is 6.43. The molecule has 3 heterocycles. The van der Waals surface area contributed by atoms with E-state index in [0.717, 1.165) is 57.3 Å². The van der Waals surface area contributed by atoms with E-state index in [4.69, 9.17) is 9.72 Å². The lowest BCUT2D eigenvalue weighted by atomic mass is 9.42. The quantitative estimate of drug-likeness (QED) is 0.182. The van der Waals surface area contributed by atoms with Crippen LogP contribution in [0.25, 0.3) is 33.3 Å². The summed E-state index contributed by atoms with van der Waals surface area (Å²) in [4.78, 5) is 5.10. The molecule has 4 saturated carbocycles. The van der Waals surface area contributed by atoms with Crippen molar-refractivity contribution in [2.24, 2.45) is 23.7 Å². The molecule has 0 N–H and O–H groups in total. The van der Waals surface area contributed by atoms with Crippen LogP contribution in [0.3, 0.4) is 0 Å². The van der Waals surface area contributed by atoms with Gasteiger partial charge in [-0.15, -0.1) is 0 Å². The number of hydrogen-bond acceptors (Lipinski definition) is 3. The van der Waals surface area contributed by atoms with Crippen LogP contribution in [0.1, 0.15) is 54.6 Å². The summed E-state index contributed by atoms with van der Waals surface area (Å²) in [5.41, 5.74) is 8.27. The van der Waals surface area contributed by atoms with Gasteiger partial charge < -0.3 is 4.74 Å². The molecule has 3 aromatic heterocycles. The Morgan fingerprint density at radius 2 is 1.37 bits per heavy atom. The second kappa shape index (κ2) is 10.9. The van der Waals surface area contributed by atoms with Crippen molar-refractivity contribution in [2.45, 2.75) is 51.4 Å². The van der Waals surface area contributed by atoms with Crippen LogP contribution in [0.2, 0.25) is 0 Å². The minimum atomic E-state index is 0.0237. The summed E-state index contributed by atoms with van der Waals surface area (Å²) in [6.07, 6.45) is 8.88. The summed E-state index contributed by atoms with van der Waals surface area (Å²) in [5, 5.41) is 7.09. The molecule has 11 rings (SSSR count). The molecule has 0 spiro atoms. The van der Waals surface area contributed by atoms with Crippen molar-refractivity contribution in [3.05, 3.63) is 144 Å². The predicted molar refractivity (Wildman–Crippen MR) is 196 cm³/mol. The number of rotatable bonds is 6. The van der Waals surface area contributed by atoms with E-state index in [0.29, 0.717) is 11.8 Å². The van der Waals surface area contributed by atoms with Gasteiger partial charge in [0.25, 0.3) is 0 Å². The molecule has 242 valence electrons. The molecule has 4 aliphatic carbocycles. The van der Waals surface area contributed by atoms with Gasteiger partial charge in [0, 0.05) is 40.2 Å². The Morgan fingerprint density at radius 1 is 0.633 bits per heavy atom. The van der Waals surface area contributed by atoms with E-state index in [9.17, 15) is 0 Å². The molecule has 0 atom stereocenters. The van der Waals surface area contributed by atoms with E-state index in [-0.39, 0.29) is 5.41 Å². The average Bonchev–Trinajstić information content (AvgIpc) is 3.64. The van der Waals surface area contributed by atoms with Crippen LogP contribution in [0, 0.1) is 37.5 Å². The van der Waals surface area contributed by atoms with Crippen LogP contribution >= 0.6 is 0 Å². The third-order valence-electron chi connectivity index (χ3n) is 12.1. The van der Waals surface area contributed by atoms with E-state index >= 15 is 0 Å². The minimum absolute atomic E-state index is 0.0237. The molecule has 4 bridgehead atoms. The zero-order valence-electron chi connectivity index (χ0n) is 28.1. The maximum Gasteiger partial charge on any atom is 0.137 e. The standard InChI is InChI=1S/C44H40N4O/c1-28-19-29(2)48(46-28)36-11-8-12-37(26-36)49-38-15-16-40-39-13-6-7-14-41(39)47(42(40)27-38)43-25-33(17-18-45-43)44(32-9-4-3-5-10-32)34-21-30-20-31(23-34)24-35(44)22-30/h3-19,25-27,30-31,34-35H,20-24H2,1-2H3. The van der Waals surface area contributed by atoms with Gasteiger partial charge in [0.1, 0.15) is 17.3 Å². The van der Waals surface area contributed by atoms with Crippen molar-refractivity contribution in [1.82, 2.24) is 19.3 Å². The molecular formula is C44H40N4O. The predicted octanol–water partition coefficient (Wildman–Crippen LogP) is 10.5. The molecule has 4 fully saturated rings. The van der Waals surface area contributed by atoms with Crippen LogP contribution in [-0.4, -0.2) is 19.3 Å². The van der Waals surface area contributed by atoms with Crippen LogP contribution in [0.5, 0.6) is 11.5 Å². The van der Waals surface area contributed by atoms with Crippen molar-refractivity contribution >= 4 is 21.8 Å². The highest BCUT2D eigenvalue weighted by atomic mass is 16.5. The topological polar surface area (TPSA) is 44.9 Å². The fourth-order valence-electron chi connectivity index (χ4n) is 10.5. The van der Waals surface area contributed by atoms with E-state index < -0.39 is 0 Å². The van der Waals surface area contributed by atoms with E-state index in [1.807, 2.05) is 23.7 Å². The largest absolute Gasteiger partial charge is 0.457 e. The van der Waals surface area contributed by atoms with Gasteiger partial charge in [0.05, 0.1) is 22.4 Å². The van der Waals surface area contributed by atoms with Gasteiger partial charge in [-0.1, -0.05) is 54.6 Å². The van der Waals surface area contributed by atoms with E-state index in [1.165, 1.54) is 54.0 Å². The molecule has 4 aromatic carbocycles. The zero-order chi connectivity index (χ0) is 32.7. The summed E-state index contributed by atoms with van der Waals surface area (Å²) in [5.74, 6) is 5.67. The summed E-state index contributed by atoms with van der Waals surface area (Å²) < 4.78 is 10.9. The number of para-hydroxylation sites is 1. The first-order valence-electron chi connectivity index (χ1n) is 17.9. The summed E-state index contributed by atoms with van der Waals surface area (Å²) >= 11 is 0. The average molecular weight is 641 g/mol. The van der Waals surface area contributed by atoms with Crippen LogP contribution in [0.4, 0.5) is 0 Å². The van der Waals surface area contributed by atoms with Gasteiger partial charge in [-0.2, -0.15) is 5.10 Å².